The van der Waals surface area contributed by atoms with Crippen molar-refractivity contribution in [2.45, 2.75) is 20.4 Å². The minimum atomic E-state index is -0.390. The van der Waals surface area contributed by atoms with Crippen molar-refractivity contribution in [2.24, 2.45) is 0 Å². The summed E-state index contributed by atoms with van der Waals surface area (Å²) in [5.74, 6) is 0.456. The minimum Gasteiger partial charge on any atom is -0.494 e. The van der Waals surface area contributed by atoms with Gasteiger partial charge in [0.25, 0.3) is 0 Å². The molecule has 2 aromatic carbocycles. The van der Waals surface area contributed by atoms with E-state index in [1.807, 2.05) is 60.1 Å². The monoisotopic (exact) mass is 324 g/mol. The molecular weight excluding hydrogens is 304 g/mol. The molecule has 0 atom stereocenters. The Morgan fingerprint density at radius 1 is 1.04 bits per heavy atom. The summed E-state index contributed by atoms with van der Waals surface area (Å²) in [7, 11) is 0. The van der Waals surface area contributed by atoms with Crippen molar-refractivity contribution >= 4 is 16.9 Å². The number of benzene rings is 2. The molecule has 3 rings (SSSR count). The Kier molecular flexibility index (Phi) is 4.79. The van der Waals surface area contributed by atoms with Crippen LogP contribution in [0.25, 0.3) is 10.9 Å². The van der Waals surface area contributed by atoms with Crippen molar-refractivity contribution in [3.05, 3.63) is 59.8 Å². The third-order valence-electron chi connectivity index (χ3n) is 3.69. The van der Waals surface area contributed by atoms with Crippen LogP contribution in [0.4, 0.5) is 0 Å². The van der Waals surface area contributed by atoms with E-state index < -0.39 is 0 Å². The number of rotatable bonds is 6. The zero-order valence-corrected chi connectivity index (χ0v) is 13.9. The van der Waals surface area contributed by atoms with Gasteiger partial charge < -0.3 is 9.47 Å². The fourth-order valence-corrected chi connectivity index (χ4v) is 2.63. The predicted molar refractivity (Wildman–Crippen MR) is 92.4 cm³/mol. The van der Waals surface area contributed by atoms with Crippen molar-refractivity contribution in [2.75, 3.05) is 13.2 Å². The van der Waals surface area contributed by atoms with Crippen molar-refractivity contribution in [1.29, 1.82) is 0 Å². The summed E-state index contributed by atoms with van der Waals surface area (Å²) in [4.78, 5) is 12.1. The zero-order valence-electron chi connectivity index (χ0n) is 13.9. The number of carbonyl (C=O) groups excluding carboxylic acids is 1. The highest BCUT2D eigenvalue weighted by Crippen LogP contribution is 2.21. The van der Waals surface area contributed by atoms with Crippen LogP contribution in [0.15, 0.2) is 48.5 Å². The lowest BCUT2D eigenvalue weighted by molar-refractivity contribution is 0.0520. The lowest BCUT2D eigenvalue weighted by atomic mass is 10.2. The van der Waals surface area contributed by atoms with E-state index in [1.54, 1.807) is 6.92 Å². The van der Waals surface area contributed by atoms with Gasteiger partial charge in [0.05, 0.1) is 25.3 Å². The van der Waals surface area contributed by atoms with Gasteiger partial charge in [-0.05, 0) is 37.6 Å². The molecule has 5 heteroatoms. The van der Waals surface area contributed by atoms with Crippen molar-refractivity contribution in [3.63, 3.8) is 0 Å². The first-order valence-corrected chi connectivity index (χ1v) is 8.07. The second-order valence-corrected chi connectivity index (χ2v) is 5.32. The number of hydrogen-bond acceptors (Lipinski definition) is 4. The maximum absolute atomic E-state index is 12.1. The van der Waals surface area contributed by atoms with Gasteiger partial charge in [-0.1, -0.05) is 30.3 Å². The van der Waals surface area contributed by atoms with Crippen molar-refractivity contribution < 1.29 is 14.3 Å². The van der Waals surface area contributed by atoms with Crippen LogP contribution in [0, 0.1) is 0 Å². The Morgan fingerprint density at radius 2 is 1.79 bits per heavy atom. The maximum Gasteiger partial charge on any atom is 0.359 e. The molecule has 0 fully saturated rings. The van der Waals surface area contributed by atoms with E-state index in [4.69, 9.17) is 9.47 Å². The fourth-order valence-electron chi connectivity index (χ4n) is 2.63. The summed E-state index contributed by atoms with van der Waals surface area (Å²) in [6.07, 6.45) is 0. The van der Waals surface area contributed by atoms with Gasteiger partial charge in [0.2, 0.25) is 0 Å². The number of nitrogens with zero attached hydrogens (tertiary/aromatic N) is 2. The lowest BCUT2D eigenvalue weighted by Gasteiger charge is -2.06. The van der Waals surface area contributed by atoms with Crippen LogP contribution < -0.4 is 4.74 Å². The molecule has 0 bridgehead atoms. The summed E-state index contributed by atoms with van der Waals surface area (Å²) < 4.78 is 12.4. The first-order valence-electron chi connectivity index (χ1n) is 8.07. The van der Waals surface area contributed by atoms with E-state index in [0.29, 0.717) is 25.5 Å². The number of para-hydroxylation sites is 1. The molecule has 0 spiro atoms. The van der Waals surface area contributed by atoms with E-state index in [-0.39, 0.29) is 5.97 Å². The van der Waals surface area contributed by atoms with Crippen LogP contribution >= 0.6 is 0 Å². The number of aromatic nitrogens is 2. The fraction of sp³-hybridized carbons (Fsp3) is 0.263. The second kappa shape index (κ2) is 7.17. The summed E-state index contributed by atoms with van der Waals surface area (Å²) in [5, 5.41) is 5.28. The number of esters is 1. The molecule has 0 unspecified atom stereocenters. The molecule has 0 aliphatic heterocycles. The molecule has 1 heterocycles. The molecule has 0 saturated carbocycles. The van der Waals surface area contributed by atoms with Gasteiger partial charge in [-0.15, -0.1) is 0 Å². The zero-order chi connectivity index (χ0) is 16.9. The largest absolute Gasteiger partial charge is 0.494 e. The first-order chi connectivity index (χ1) is 11.7. The maximum atomic E-state index is 12.1. The molecule has 5 nitrogen and oxygen atoms in total. The van der Waals surface area contributed by atoms with E-state index >= 15 is 0 Å². The molecular formula is C19H20N2O3. The first kappa shape index (κ1) is 16.1. The Bertz CT molecular complexity index is 837. The van der Waals surface area contributed by atoms with Crippen LogP contribution in [0.3, 0.4) is 0 Å². The number of hydrogen-bond donors (Lipinski definition) is 0. The average molecular weight is 324 g/mol. The summed E-state index contributed by atoms with van der Waals surface area (Å²) in [6, 6.07) is 15.6. The average Bonchev–Trinajstić information content (AvgIpc) is 2.96. The standard InChI is InChI=1S/C19H20N2O3/c1-3-23-15-11-9-14(10-12-15)13-21-17-8-6-5-7-16(17)18(20-21)19(22)24-4-2/h5-12H,3-4,13H2,1-2H3. The van der Waals surface area contributed by atoms with Crippen LogP contribution in [0.2, 0.25) is 0 Å². The minimum absolute atomic E-state index is 0.332. The molecule has 0 radical (unpaired) electrons. The van der Waals surface area contributed by atoms with E-state index in [1.165, 1.54) is 0 Å². The highest BCUT2D eigenvalue weighted by Gasteiger charge is 2.17. The van der Waals surface area contributed by atoms with E-state index in [0.717, 1.165) is 22.2 Å². The van der Waals surface area contributed by atoms with Gasteiger partial charge in [0.15, 0.2) is 5.69 Å². The Balaban J connectivity index is 1.93. The van der Waals surface area contributed by atoms with Crippen LogP contribution in [-0.2, 0) is 11.3 Å². The van der Waals surface area contributed by atoms with Crippen LogP contribution in [0.5, 0.6) is 5.75 Å². The van der Waals surface area contributed by atoms with Crippen molar-refractivity contribution in [1.82, 2.24) is 9.78 Å². The predicted octanol–water partition coefficient (Wildman–Crippen LogP) is 3.66. The smallest absolute Gasteiger partial charge is 0.359 e. The molecule has 0 N–H and O–H groups in total. The van der Waals surface area contributed by atoms with Crippen molar-refractivity contribution in [3.8, 4) is 5.75 Å². The Hall–Kier alpha value is -2.82. The molecule has 0 aliphatic carbocycles. The van der Waals surface area contributed by atoms with Gasteiger partial charge in [-0.25, -0.2) is 4.79 Å². The highest BCUT2D eigenvalue weighted by atomic mass is 16.5. The quantitative estimate of drug-likeness (QED) is 0.649. The van der Waals surface area contributed by atoms with E-state index in [2.05, 4.69) is 5.10 Å². The molecule has 0 aliphatic rings. The van der Waals surface area contributed by atoms with E-state index in [9.17, 15) is 4.79 Å². The molecule has 1 aromatic heterocycles. The molecule has 3 aromatic rings. The molecule has 124 valence electrons. The SMILES string of the molecule is CCOC(=O)c1nn(Cc2ccc(OCC)cc2)c2ccccc12. The summed E-state index contributed by atoms with van der Waals surface area (Å²) >= 11 is 0. The molecule has 24 heavy (non-hydrogen) atoms. The third-order valence-corrected chi connectivity index (χ3v) is 3.69. The Morgan fingerprint density at radius 3 is 2.50 bits per heavy atom. The van der Waals surface area contributed by atoms with Gasteiger partial charge in [0.1, 0.15) is 5.75 Å². The van der Waals surface area contributed by atoms with Gasteiger partial charge in [-0.3, -0.25) is 4.68 Å². The summed E-state index contributed by atoms with van der Waals surface area (Å²) in [5.41, 5.74) is 2.36. The molecule has 0 saturated heterocycles. The molecule has 0 amide bonds. The number of carbonyl (C=O) groups is 1. The normalized spacial score (nSPS) is 10.8. The summed E-state index contributed by atoms with van der Waals surface area (Å²) in [6.45, 7) is 5.30. The van der Waals surface area contributed by atoms with Crippen LogP contribution in [-0.4, -0.2) is 29.0 Å². The highest BCUT2D eigenvalue weighted by molar-refractivity contribution is 6.02. The third kappa shape index (κ3) is 3.25. The van der Waals surface area contributed by atoms with Gasteiger partial charge in [-0.2, -0.15) is 5.10 Å². The van der Waals surface area contributed by atoms with Gasteiger partial charge >= 0.3 is 5.97 Å². The lowest BCUT2D eigenvalue weighted by Crippen LogP contribution is -2.08. The van der Waals surface area contributed by atoms with Crippen LogP contribution in [0.1, 0.15) is 29.9 Å². The topological polar surface area (TPSA) is 53.3 Å². The Labute approximate surface area is 140 Å². The van der Waals surface area contributed by atoms with Gasteiger partial charge in [0, 0.05) is 5.39 Å². The number of fused-ring (bicyclic) bond motifs is 1. The second-order valence-electron chi connectivity index (χ2n) is 5.32. The number of ether oxygens (including phenoxy) is 2.